The standard InChI is InChI=1S/C22H23FN2O2/c1-25(2)20(17-9-6-10-18(23)11-17)14-24-22(26)19-12-15-7-4-5-8-16(15)13-21(19)27-3/h4-13,20H,14H2,1-3H3,(H,24,26). The molecular weight excluding hydrogens is 343 g/mol. The molecule has 1 unspecified atom stereocenters. The van der Waals surface area contributed by atoms with Crippen molar-refractivity contribution in [1.29, 1.82) is 0 Å². The van der Waals surface area contributed by atoms with Gasteiger partial charge in [-0.1, -0.05) is 36.4 Å². The molecule has 3 aromatic rings. The maximum atomic E-state index is 13.6. The number of fused-ring (bicyclic) bond motifs is 1. The Kier molecular flexibility index (Phi) is 5.72. The number of carbonyl (C=O) groups excluding carboxylic acids is 1. The van der Waals surface area contributed by atoms with Crippen molar-refractivity contribution in [2.75, 3.05) is 27.7 Å². The number of carbonyl (C=O) groups is 1. The lowest BCUT2D eigenvalue weighted by Gasteiger charge is -2.25. The molecule has 27 heavy (non-hydrogen) atoms. The first-order valence-electron chi connectivity index (χ1n) is 8.76. The van der Waals surface area contributed by atoms with Crippen molar-refractivity contribution >= 4 is 16.7 Å². The fourth-order valence-electron chi connectivity index (χ4n) is 3.16. The molecule has 0 heterocycles. The zero-order chi connectivity index (χ0) is 19.4. The molecule has 1 amide bonds. The average molecular weight is 366 g/mol. The number of halogens is 1. The number of methoxy groups -OCH3 is 1. The molecule has 0 fully saturated rings. The number of likely N-dealkylation sites (N-methyl/N-ethyl adjacent to an activating group) is 1. The molecule has 0 saturated heterocycles. The van der Waals surface area contributed by atoms with Crippen LogP contribution in [-0.4, -0.2) is 38.6 Å². The third kappa shape index (κ3) is 4.26. The molecule has 140 valence electrons. The van der Waals surface area contributed by atoms with E-state index in [1.165, 1.54) is 12.1 Å². The Balaban J connectivity index is 1.83. The van der Waals surface area contributed by atoms with Gasteiger partial charge in [0.2, 0.25) is 0 Å². The van der Waals surface area contributed by atoms with Gasteiger partial charge in [0.05, 0.1) is 18.7 Å². The molecule has 0 aliphatic heterocycles. The van der Waals surface area contributed by atoms with Crippen LogP contribution >= 0.6 is 0 Å². The minimum absolute atomic E-state index is 0.142. The Bertz CT molecular complexity index is 956. The van der Waals surface area contributed by atoms with Crippen molar-refractivity contribution in [2.24, 2.45) is 0 Å². The predicted molar refractivity (Wildman–Crippen MR) is 106 cm³/mol. The van der Waals surface area contributed by atoms with Crippen LogP contribution in [0.4, 0.5) is 4.39 Å². The highest BCUT2D eigenvalue weighted by Gasteiger charge is 2.18. The summed E-state index contributed by atoms with van der Waals surface area (Å²) in [5.41, 5.74) is 1.29. The van der Waals surface area contributed by atoms with E-state index in [-0.39, 0.29) is 17.8 Å². The number of nitrogens with zero attached hydrogens (tertiary/aromatic N) is 1. The molecule has 0 bridgehead atoms. The van der Waals surface area contributed by atoms with Crippen LogP contribution in [0, 0.1) is 5.82 Å². The zero-order valence-electron chi connectivity index (χ0n) is 15.7. The van der Waals surface area contributed by atoms with E-state index in [0.717, 1.165) is 16.3 Å². The van der Waals surface area contributed by atoms with Crippen LogP contribution in [0.15, 0.2) is 60.7 Å². The van der Waals surface area contributed by atoms with Crippen molar-refractivity contribution < 1.29 is 13.9 Å². The normalized spacial score (nSPS) is 12.2. The number of rotatable bonds is 6. The molecule has 0 aromatic heterocycles. The molecule has 1 atom stereocenters. The lowest BCUT2D eigenvalue weighted by molar-refractivity contribution is 0.0939. The molecule has 0 radical (unpaired) electrons. The summed E-state index contributed by atoms with van der Waals surface area (Å²) < 4.78 is 19.0. The lowest BCUT2D eigenvalue weighted by atomic mass is 10.0. The molecule has 5 heteroatoms. The second kappa shape index (κ2) is 8.18. The second-order valence-corrected chi connectivity index (χ2v) is 6.64. The molecule has 3 rings (SSSR count). The Labute approximate surface area is 158 Å². The Hall–Kier alpha value is -2.92. The van der Waals surface area contributed by atoms with Gasteiger partial charge < -0.3 is 15.0 Å². The van der Waals surface area contributed by atoms with Crippen LogP contribution < -0.4 is 10.1 Å². The van der Waals surface area contributed by atoms with E-state index >= 15 is 0 Å². The minimum Gasteiger partial charge on any atom is -0.496 e. The van der Waals surface area contributed by atoms with E-state index in [1.807, 2.05) is 61.5 Å². The van der Waals surface area contributed by atoms with Crippen LogP contribution in [0.3, 0.4) is 0 Å². The van der Waals surface area contributed by atoms with Gasteiger partial charge >= 0.3 is 0 Å². The van der Waals surface area contributed by atoms with Gasteiger partial charge in [-0.2, -0.15) is 0 Å². The summed E-state index contributed by atoms with van der Waals surface area (Å²) in [4.78, 5) is 14.8. The lowest BCUT2D eigenvalue weighted by Crippen LogP contribution is -2.34. The van der Waals surface area contributed by atoms with Gasteiger partial charge in [-0.3, -0.25) is 4.79 Å². The van der Waals surface area contributed by atoms with Crippen LogP contribution in [0.25, 0.3) is 10.8 Å². The first-order chi connectivity index (χ1) is 13.0. The number of nitrogens with one attached hydrogen (secondary N) is 1. The van der Waals surface area contributed by atoms with Gasteiger partial charge in [0, 0.05) is 6.54 Å². The summed E-state index contributed by atoms with van der Waals surface area (Å²) in [6, 6.07) is 17.8. The van der Waals surface area contributed by atoms with Crippen molar-refractivity contribution in [3.05, 3.63) is 77.6 Å². The maximum absolute atomic E-state index is 13.6. The molecule has 0 aliphatic carbocycles. The van der Waals surface area contributed by atoms with Gasteiger partial charge in [0.15, 0.2) is 0 Å². The van der Waals surface area contributed by atoms with Gasteiger partial charge in [0.1, 0.15) is 11.6 Å². The smallest absolute Gasteiger partial charge is 0.255 e. The monoisotopic (exact) mass is 366 g/mol. The fourth-order valence-corrected chi connectivity index (χ4v) is 3.16. The van der Waals surface area contributed by atoms with E-state index in [9.17, 15) is 9.18 Å². The van der Waals surface area contributed by atoms with Gasteiger partial charge in [-0.05, 0) is 54.7 Å². The van der Waals surface area contributed by atoms with Crippen LogP contribution in [0.5, 0.6) is 5.75 Å². The summed E-state index contributed by atoms with van der Waals surface area (Å²) in [5.74, 6) is 0.0149. The SMILES string of the molecule is COc1cc2ccccc2cc1C(=O)NCC(c1cccc(F)c1)N(C)C. The summed E-state index contributed by atoms with van der Waals surface area (Å²) >= 11 is 0. The van der Waals surface area contributed by atoms with Crippen molar-refractivity contribution in [1.82, 2.24) is 10.2 Å². The van der Waals surface area contributed by atoms with Crippen molar-refractivity contribution in [2.45, 2.75) is 6.04 Å². The minimum atomic E-state index is -0.290. The van der Waals surface area contributed by atoms with E-state index in [2.05, 4.69) is 5.32 Å². The quantitative estimate of drug-likeness (QED) is 0.716. The van der Waals surface area contributed by atoms with E-state index < -0.39 is 0 Å². The van der Waals surface area contributed by atoms with Gasteiger partial charge in [0.25, 0.3) is 5.91 Å². The summed E-state index contributed by atoms with van der Waals surface area (Å²) in [5, 5.41) is 4.94. The van der Waals surface area contributed by atoms with Crippen molar-refractivity contribution in [3.63, 3.8) is 0 Å². The number of ether oxygens (including phenoxy) is 1. The number of amides is 1. The highest BCUT2D eigenvalue weighted by atomic mass is 19.1. The third-order valence-corrected chi connectivity index (χ3v) is 4.63. The summed E-state index contributed by atoms with van der Waals surface area (Å²) in [6.07, 6.45) is 0. The Morgan fingerprint density at radius 3 is 2.41 bits per heavy atom. The average Bonchev–Trinajstić information content (AvgIpc) is 2.66. The zero-order valence-corrected chi connectivity index (χ0v) is 15.7. The molecule has 1 N–H and O–H groups in total. The molecular formula is C22H23FN2O2. The predicted octanol–water partition coefficient (Wildman–Crippen LogP) is 4.02. The molecule has 0 saturated carbocycles. The first kappa shape index (κ1) is 18.9. The molecule has 3 aromatic carbocycles. The summed E-state index contributed by atoms with van der Waals surface area (Å²) in [6.45, 7) is 0.352. The van der Waals surface area contributed by atoms with E-state index in [0.29, 0.717) is 17.9 Å². The van der Waals surface area contributed by atoms with Gasteiger partial charge in [-0.25, -0.2) is 4.39 Å². The molecule has 4 nitrogen and oxygen atoms in total. The maximum Gasteiger partial charge on any atom is 0.255 e. The van der Waals surface area contributed by atoms with Crippen LogP contribution in [0.2, 0.25) is 0 Å². The fraction of sp³-hybridized carbons (Fsp3) is 0.227. The highest BCUT2D eigenvalue weighted by Crippen LogP contribution is 2.26. The first-order valence-corrected chi connectivity index (χ1v) is 8.76. The van der Waals surface area contributed by atoms with Crippen LogP contribution in [-0.2, 0) is 0 Å². The van der Waals surface area contributed by atoms with Crippen LogP contribution in [0.1, 0.15) is 22.0 Å². The number of hydrogen-bond donors (Lipinski definition) is 1. The number of benzene rings is 3. The van der Waals surface area contributed by atoms with E-state index in [4.69, 9.17) is 4.74 Å². The number of hydrogen-bond acceptors (Lipinski definition) is 3. The molecule has 0 spiro atoms. The van der Waals surface area contributed by atoms with E-state index in [1.54, 1.807) is 13.2 Å². The second-order valence-electron chi connectivity index (χ2n) is 6.64. The largest absolute Gasteiger partial charge is 0.496 e. The third-order valence-electron chi connectivity index (χ3n) is 4.63. The van der Waals surface area contributed by atoms with Crippen molar-refractivity contribution in [3.8, 4) is 5.75 Å². The highest BCUT2D eigenvalue weighted by molar-refractivity contribution is 6.01. The summed E-state index contributed by atoms with van der Waals surface area (Å²) in [7, 11) is 5.35. The topological polar surface area (TPSA) is 41.6 Å². The molecule has 0 aliphatic rings. The van der Waals surface area contributed by atoms with Gasteiger partial charge in [-0.15, -0.1) is 0 Å². The Morgan fingerprint density at radius 1 is 1.07 bits per heavy atom. The Morgan fingerprint density at radius 2 is 1.78 bits per heavy atom.